The van der Waals surface area contributed by atoms with E-state index in [1.54, 1.807) is 30.5 Å². The Balaban J connectivity index is 1.95. The third-order valence-corrected chi connectivity index (χ3v) is 4.49. The van der Waals surface area contributed by atoms with Crippen LogP contribution >= 0.6 is 0 Å². The second kappa shape index (κ2) is 9.75. The van der Waals surface area contributed by atoms with Gasteiger partial charge in [-0.2, -0.15) is 5.10 Å². The van der Waals surface area contributed by atoms with Gasteiger partial charge >= 0.3 is 5.97 Å². The molecule has 2 N–H and O–H groups in total. The van der Waals surface area contributed by atoms with Crippen LogP contribution in [0.2, 0.25) is 0 Å². The number of rotatable bonds is 10. The maximum absolute atomic E-state index is 12.6. The summed E-state index contributed by atoms with van der Waals surface area (Å²) in [5, 5.41) is 15.9. The number of benzene rings is 1. The topological polar surface area (TPSA) is 93.5 Å². The lowest BCUT2D eigenvalue weighted by Crippen LogP contribution is -2.15. The highest BCUT2D eigenvalue weighted by atomic mass is 16.5. The van der Waals surface area contributed by atoms with Crippen LogP contribution in [0.1, 0.15) is 61.6 Å². The molecule has 0 saturated heterocycles. The standard InChI is InChI=1S/C20H27N3O4/c1-4-16(5-2)23-14(3)18(13-21-23)20(26)22-15-8-10-17(11-9-15)27-12-6-7-19(24)25/h8-11,13,16H,4-7,12H2,1-3H3,(H,22,26)(H,24,25). The Hall–Kier alpha value is -2.83. The Morgan fingerprint density at radius 1 is 1.22 bits per heavy atom. The Bertz CT molecular complexity index is 764. The molecule has 0 radical (unpaired) electrons. The van der Waals surface area contributed by atoms with Crippen LogP contribution in [0.3, 0.4) is 0 Å². The molecule has 0 spiro atoms. The fourth-order valence-corrected chi connectivity index (χ4v) is 2.90. The number of anilines is 1. The number of hydrogen-bond donors (Lipinski definition) is 2. The number of aromatic nitrogens is 2. The van der Waals surface area contributed by atoms with Gasteiger partial charge in [0, 0.05) is 17.8 Å². The van der Waals surface area contributed by atoms with Gasteiger partial charge in [-0.3, -0.25) is 14.3 Å². The molecule has 1 aromatic carbocycles. The molecule has 146 valence electrons. The molecular weight excluding hydrogens is 346 g/mol. The number of nitrogens with zero attached hydrogens (tertiary/aromatic N) is 2. The zero-order valence-corrected chi connectivity index (χ0v) is 16.1. The van der Waals surface area contributed by atoms with Gasteiger partial charge in [0.15, 0.2) is 0 Å². The molecule has 0 fully saturated rings. The van der Waals surface area contributed by atoms with Gasteiger partial charge in [-0.25, -0.2) is 0 Å². The monoisotopic (exact) mass is 373 g/mol. The zero-order chi connectivity index (χ0) is 19.8. The molecule has 0 aliphatic rings. The van der Waals surface area contributed by atoms with Crippen molar-refractivity contribution in [2.45, 2.75) is 52.5 Å². The number of amides is 1. The summed E-state index contributed by atoms with van der Waals surface area (Å²) in [6, 6.07) is 7.30. The minimum absolute atomic E-state index is 0.0814. The lowest BCUT2D eigenvalue weighted by atomic mass is 10.1. The molecule has 2 rings (SSSR count). The lowest BCUT2D eigenvalue weighted by Gasteiger charge is -2.15. The number of carboxylic acid groups (broad SMARTS) is 1. The lowest BCUT2D eigenvalue weighted by molar-refractivity contribution is -0.137. The molecule has 7 heteroatoms. The first kappa shape index (κ1) is 20.5. The summed E-state index contributed by atoms with van der Waals surface area (Å²) < 4.78 is 7.40. The first-order chi connectivity index (χ1) is 13.0. The molecule has 27 heavy (non-hydrogen) atoms. The van der Waals surface area contributed by atoms with Crippen molar-refractivity contribution in [2.75, 3.05) is 11.9 Å². The summed E-state index contributed by atoms with van der Waals surface area (Å²) in [5.41, 5.74) is 2.09. The first-order valence-corrected chi connectivity index (χ1v) is 9.26. The SMILES string of the molecule is CCC(CC)n1ncc(C(=O)Nc2ccc(OCCCC(=O)O)cc2)c1C. The van der Waals surface area contributed by atoms with Crippen molar-refractivity contribution in [1.82, 2.24) is 9.78 Å². The normalized spacial score (nSPS) is 10.8. The molecule has 0 bridgehead atoms. The summed E-state index contributed by atoms with van der Waals surface area (Å²) in [5.74, 6) is -0.393. The molecule has 2 aromatic rings. The van der Waals surface area contributed by atoms with E-state index in [1.807, 2.05) is 11.6 Å². The Morgan fingerprint density at radius 3 is 2.48 bits per heavy atom. The maximum Gasteiger partial charge on any atom is 0.303 e. The predicted octanol–water partition coefficient (Wildman–Crippen LogP) is 4.05. The van der Waals surface area contributed by atoms with E-state index < -0.39 is 5.97 Å². The minimum Gasteiger partial charge on any atom is -0.494 e. The molecular formula is C20H27N3O4. The largest absolute Gasteiger partial charge is 0.494 e. The fourth-order valence-electron chi connectivity index (χ4n) is 2.90. The van der Waals surface area contributed by atoms with Crippen molar-refractivity contribution < 1.29 is 19.4 Å². The molecule has 0 aliphatic carbocycles. The zero-order valence-electron chi connectivity index (χ0n) is 16.1. The summed E-state index contributed by atoms with van der Waals surface area (Å²) in [4.78, 5) is 23.0. The molecule has 1 amide bonds. The number of hydrogen-bond acceptors (Lipinski definition) is 4. The van der Waals surface area contributed by atoms with E-state index in [0.717, 1.165) is 18.5 Å². The fraction of sp³-hybridized carbons (Fsp3) is 0.450. The third-order valence-electron chi connectivity index (χ3n) is 4.49. The van der Waals surface area contributed by atoms with Gasteiger partial charge in [0.25, 0.3) is 5.91 Å². The summed E-state index contributed by atoms with van der Waals surface area (Å²) in [6.07, 6.45) is 4.08. The van der Waals surface area contributed by atoms with Crippen LogP contribution in [0, 0.1) is 6.92 Å². The number of aliphatic carboxylic acids is 1. The molecule has 0 unspecified atom stereocenters. The van der Waals surface area contributed by atoms with E-state index in [1.165, 1.54) is 0 Å². The smallest absolute Gasteiger partial charge is 0.303 e. The van der Waals surface area contributed by atoms with Gasteiger partial charge in [-0.15, -0.1) is 0 Å². The van der Waals surface area contributed by atoms with Crippen LogP contribution in [0.4, 0.5) is 5.69 Å². The quantitative estimate of drug-likeness (QED) is 0.613. The summed E-state index contributed by atoms with van der Waals surface area (Å²) >= 11 is 0. The molecule has 0 atom stereocenters. The molecule has 1 aromatic heterocycles. The molecule has 0 aliphatic heterocycles. The second-order valence-electron chi connectivity index (χ2n) is 6.38. The van der Waals surface area contributed by atoms with Gasteiger partial charge < -0.3 is 15.2 Å². The average Bonchev–Trinajstić information content (AvgIpc) is 3.03. The molecule has 7 nitrogen and oxygen atoms in total. The molecule has 1 heterocycles. The van der Waals surface area contributed by atoms with Crippen molar-refractivity contribution >= 4 is 17.6 Å². The number of carbonyl (C=O) groups is 2. The van der Waals surface area contributed by atoms with Crippen LogP contribution in [0.5, 0.6) is 5.75 Å². The highest BCUT2D eigenvalue weighted by Crippen LogP contribution is 2.21. The number of nitrogens with one attached hydrogen (secondary N) is 1. The maximum atomic E-state index is 12.6. The minimum atomic E-state index is -0.834. The van der Waals surface area contributed by atoms with Crippen molar-refractivity contribution in [3.8, 4) is 5.75 Å². The van der Waals surface area contributed by atoms with Crippen molar-refractivity contribution in [3.63, 3.8) is 0 Å². The third kappa shape index (κ3) is 5.57. The van der Waals surface area contributed by atoms with Gasteiger partial charge in [0.1, 0.15) is 5.75 Å². The van der Waals surface area contributed by atoms with Crippen LogP contribution in [0.25, 0.3) is 0 Å². The van der Waals surface area contributed by atoms with Crippen molar-refractivity contribution in [2.24, 2.45) is 0 Å². The van der Waals surface area contributed by atoms with E-state index in [4.69, 9.17) is 9.84 Å². The highest BCUT2D eigenvalue weighted by Gasteiger charge is 2.18. The Kier molecular flexibility index (Phi) is 7.40. The average molecular weight is 373 g/mol. The second-order valence-corrected chi connectivity index (χ2v) is 6.38. The summed E-state index contributed by atoms with van der Waals surface area (Å²) in [7, 11) is 0. The Labute approximate surface area is 159 Å². The summed E-state index contributed by atoms with van der Waals surface area (Å²) in [6.45, 7) is 6.47. The van der Waals surface area contributed by atoms with E-state index in [9.17, 15) is 9.59 Å². The predicted molar refractivity (Wildman–Crippen MR) is 103 cm³/mol. The van der Waals surface area contributed by atoms with Crippen LogP contribution in [-0.2, 0) is 4.79 Å². The molecule has 0 saturated carbocycles. The number of ether oxygens (including phenoxy) is 1. The van der Waals surface area contributed by atoms with Crippen LogP contribution in [0.15, 0.2) is 30.5 Å². The van der Waals surface area contributed by atoms with Crippen LogP contribution < -0.4 is 10.1 Å². The highest BCUT2D eigenvalue weighted by molar-refractivity contribution is 6.04. The number of carboxylic acids is 1. The van der Waals surface area contributed by atoms with Gasteiger partial charge in [0.2, 0.25) is 0 Å². The van der Waals surface area contributed by atoms with Crippen molar-refractivity contribution in [3.05, 3.63) is 41.7 Å². The Morgan fingerprint density at radius 2 is 1.89 bits per heavy atom. The first-order valence-electron chi connectivity index (χ1n) is 9.26. The van der Waals surface area contributed by atoms with Gasteiger partial charge in [-0.05, 0) is 50.5 Å². The van der Waals surface area contributed by atoms with Crippen molar-refractivity contribution in [1.29, 1.82) is 0 Å². The number of carbonyl (C=O) groups excluding carboxylic acids is 1. The van der Waals surface area contributed by atoms with Gasteiger partial charge in [0.05, 0.1) is 24.4 Å². The van der Waals surface area contributed by atoms with Crippen LogP contribution in [-0.4, -0.2) is 33.4 Å². The van der Waals surface area contributed by atoms with E-state index in [0.29, 0.717) is 36.1 Å². The van der Waals surface area contributed by atoms with E-state index >= 15 is 0 Å². The van der Waals surface area contributed by atoms with E-state index in [-0.39, 0.29) is 12.3 Å². The van der Waals surface area contributed by atoms with E-state index in [2.05, 4.69) is 24.3 Å². The van der Waals surface area contributed by atoms with Gasteiger partial charge in [-0.1, -0.05) is 13.8 Å².